The molecule has 2 aromatic rings. The fourth-order valence-electron chi connectivity index (χ4n) is 3.42. The number of benzene rings is 2. The molecule has 0 atom stereocenters. The number of allylic oxidation sites excluding steroid dienone is 2. The van der Waals surface area contributed by atoms with Crippen molar-refractivity contribution in [2.24, 2.45) is 11.3 Å². The number of carbonyl (C=O) groups is 1. The summed E-state index contributed by atoms with van der Waals surface area (Å²) >= 11 is 7.20. The summed E-state index contributed by atoms with van der Waals surface area (Å²) in [6.07, 6.45) is 5.74. The quantitative estimate of drug-likeness (QED) is 0.396. The first kappa shape index (κ1) is 20.3. The van der Waals surface area contributed by atoms with Crippen LogP contribution in [0.15, 0.2) is 68.6 Å². The molecule has 0 aliphatic heterocycles. The summed E-state index contributed by atoms with van der Waals surface area (Å²) in [5.41, 5.74) is 4.03. The van der Waals surface area contributed by atoms with Gasteiger partial charge in [-0.25, -0.2) is 0 Å². The molecule has 1 fully saturated rings. The van der Waals surface area contributed by atoms with Crippen molar-refractivity contribution in [3.05, 3.63) is 79.7 Å². The molecule has 27 heavy (non-hydrogen) atoms. The van der Waals surface area contributed by atoms with Crippen molar-refractivity contribution in [2.45, 2.75) is 33.6 Å². The number of halogens is 2. The molecule has 0 heterocycles. The van der Waals surface area contributed by atoms with Gasteiger partial charge in [0, 0.05) is 20.1 Å². The van der Waals surface area contributed by atoms with Crippen molar-refractivity contribution in [3.8, 4) is 0 Å². The lowest BCUT2D eigenvalue weighted by atomic mass is 9.68. The Kier molecular flexibility index (Phi) is 6.22. The molecule has 0 spiro atoms. The van der Waals surface area contributed by atoms with Gasteiger partial charge >= 0.3 is 0 Å². The van der Waals surface area contributed by atoms with Gasteiger partial charge in [-0.3, -0.25) is 4.79 Å². The maximum absolute atomic E-state index is 13.3. The Labute approximate surface area is 178 Å². The van der Waals surface area contributed by atoms with Crippen LogP contribution in [-0.4, -0.2) is 5.78 Å². The number of ketones is 1. The molecule has 2 aromatic carbocycles. The van der Waals surface area contributed by atoms with E-state index in [1.807, 2.05) is 48.5 Å². The minimum atomic E-state index is 0.140. The smallest absolute Gasteiger partial charge is 0.185 e. The highest BCUT2D eigenvalue weighted by molar-refractivity contribution is 9.10. The standard InChI is InChI=1S/C24H24Br2O/c1-24(2,3)20-14-18(12-16-8-4-6-10-21(16)25)23(27)19(15-20)13-17-9-5-7-11-22(17)26/h4-13,20H,14-15H2,1-3H3/b18-12+,19-13+. The predicted molar refractivity (Wildman–Crippen MR) is 121 cm³/mol. The lowest BCUT2D eigenvalue weighted by molar-refractivity contribution is -0.113. The third-order valence-electron chi connectivity index (χ3n) is 5.21. The van der Waals surface area contributed by atoms with E-state index in [-0.39, 0.29) is 11.2 Å². The Morgan fingerprint density at radius 1 is 0.815 bits per heavy atom. The molecule has 1 nitrogen and oxygen atoms in total. The molecular weight excluding hydrogens is 464 g/mol. The Hall–Kier alpha value is -1.45. The van der Waals surface area contributed by atoms with E-state index < -0.39 is 0 Å². The van der Waals surface area contributed by atoms with Crippen molar-refractivity contribution in [1.29, 1.82) is 0 Å². The average molecular weight is 488 g/mol. The summed E-state index contributed by atoms with van der Waals surface area (Å²) in [6, 6.07) is 16.1. The van der Waals surface area contributed by atoms with Crippen LogP contribution >= 0.6 is 31.9 Å². The van der Waals surface area contributed by atoms with E-state index in [0.717, 1.165) is 44.1 Å². The Morgan fingerprint density at radius 2 is 1.22 bits per heavy atom. The lowest BCUT2D eigenvalue weighted by Crippen LogP contribution is -2.29. The van der Waals surface area contributed by atoms with Gasteiger partial charge < -0.3 is 0 Å². The molecule has 0 radical (unpaired) electrons. The zero-order valence-corrected chi connectivity index (χ0v) is 19.1. The first-order valence-corrected chi connectivity index (χ1v) is 10.8. The van der Waals surface area contributed by atoms with Gasteiger partial charge in [0.2, 0.25) is 0 Å². The lowest BCUT2D eigenvalue weighted by Gasteiger charge is -2.35. The molecule has 3 rings (SSSR count). The first-order valence-electron chi connectivity index (χ1n) is 9.20. The van der Waals surface area contributed by atoms with E-state index >= 15 is 0 Å². The van der Waals surface area contributed by atoms with Gasteiger partial charge in [0.15, 0.2) is 5.78 Å². The minimum Gasteiger partial charge on any atom is -0.289 e. The molecule has 0 saturated heterocycles. The summed E-state index contributed by atoms with van der Waals surface area (Å²) in [5.74, 6) is 0.597. The van der Waals surface area contributed by atoms with E-state index in [9.17, 15) is 4.79 Å². The van der Waals surface area contributed by atoms with E-state index in [2.05, 4.69) is 64.8 Å². The van der Waals surface area contributed by atoms with Crippen LogP contribution < -0.4 is 0 Å². The Morgan fingerprint density at radius 3 is 1.59 bits per heavy atom. The highest BCUT2D eigenvalue weighted by Gasteiger charge is 2.34. The molecule has 1 saturated carbocycles. The summed E-state index contributed by atoms with van der Waals surface area (Å²) in [5, 5.41) is 0. The zero-order valence-electron chi connectivity index (χ0n) is 15.9. The predicted octanol–water partition coefficient (Wildman–Crippen LogP) is 7.70. The van der Waals surface area contributed by atoms with E-state index in [1.54, 1.807) is 0 Å². The number of rotatable bonds is 2. The monoisotopic (exact) mass is 486 g/mol. The van der Waals surface area contributed by atoms with Crippen LogP contribution in [0.5, 0.6) is 0 Å². The SMILES string of the molecule is CC(C)(C)C1C/C(=C\c2ccccc2Br)C(=O)/C(=C/c2ccccc2Br)C1. The molecule has 1 aliphatic carbocycles. The number of hydrogen-bond donors (Lipinski definition) is 0. The molecule has 0 N–H and O–H groups in total. The molecule has 0 aromatic heterocycles. The Bertz CT molecular complexity index is 848. The molecule has 140 valence electrons. The highest BCUT2D eigenvalue weighted by Crippen LogP contribution is 2.42. The Balaban J connectivity index is 2.05. The number of hydrogen-bond acceptors (Lipinski definition) is 1. The van der Waals surface area contributed by atoms with Gasteiger partial charge in [0.25, 0.3) is 0 Å². The summed E-state index contributed by atoms with van der Waals surface area (Å²) < 4.78 is 2.03. The zero-order chi connectivity index (χ0) is 19.6. The molecular formula is C24H24Br2O. The van der Waals surface area contributed by atoms with Crippen LogP contribution in [0.2, 0.25) is 0 Å². The van der Waals surface area contributed by atoms with Crippen LogP contribution in [0.4, 0.5) is 0 Å². The van der Waals surface area contributed by atoms with Gasteiger partial charge in [-0.1, -0.05) is 89.0 Å². The van der Waals surface area contributed by atoms with Gasteiger partial charge in [-0.15, -0.1) is 0 Å². The second kappa shape index (κ2) is 8.28. The third kappa shape index (κ3) is 4.89. The van der Waals surface area contributed by atoms with E-state index in [4.69, 9.17) is 0 Å². The summed E-state index contributed by atoms with van der Waals surface area (Å²) in [4.78, 5) is 13.3. The summed E-state index contributed by atoms with van der Waals surface area (Å²) in [7, 11) is 0. The maximum Gasteiger partial charge on any atom is 0.185 e. The van der Waals surface area contributed by atoms with Crippen LogP contribution in [0.1, 0.15) is 44.7 Å². The van der Waals surface area contributed by atoms with Crippen molar-refractivity contribution < 1.29 is 4.79 Å². The molecule has 0 unspecified atom stereocenters. The normalized spacial score (nSPS) is 21.1. The van der Waals surface area contributed by atoms with Crippen molar-refractivity contribution in [1.82, 2.24) is 0 Å². The fourth-order valence-corrected chi connectivity index (χ4v) is 4.21. The maximum atomic E-state index is 13.3. The highest BCUT2D eigenvalue weighted by atomic mass is 79.9. The molecule has 0 amide bonds. The molecule has 1 aliphatic rings. The average Bonchev–Trinajstić information content (AvgIpc) is 2.61. The molecule has 0 bridgehead atoms. The van der Waals surface area contributed by atoms with Crippen LogP contribution in [0.3, 0.4) is 0 Å². The number of carbonyl (C=O) groups excluding carboxylic acids is 1. The second-order valence-electron chi connectivity index (χ2n) is 8.18. The summed E-state index contributed by atoms with van der Waals surface area (Å²) in [6.45, 7) is 6.79. The number of Topliss-reactive ketones (excluding diaryl/α,β-unsaturated/α-hetero) is 1. The van der Waals surface area contributed by atoms with Crippen molar-refractivity contribution in [2.75, 3.05) is 0 Å². The van der Waals surface area contributed by atoms with Gasteiger partial charge in [-0.2, -0.15) is 0 Å². The topological polar surface area (TPSA) is 17.1 Å². The van der Waals surface area contributed by atoms with E-state index in [0.29, 0.717) is 5.92 Å². The van der Waals surface area contributed by atoms with Crippen LogP contribution in [0.25, 0.3) is 12.2 Å². The van der Waals surface area contributed by atoms with Crippen molar-refractivity contribution >= 4 is 49.8 Å². The molecule has 3 heteroatoms. The van der Waals surface area contributed by atoms with Crippen LogP contribution in [-0.2, 0) is 4.79 Å². The third-order valence-corrected chi connectivity index (χ3v) is 6.65. The van der Waals surface area contributed by atoms with Gasteiger partial charge in [-0.05, 0) is 59.6 Å². The van der Waals surface area contributed by atoms with E-state index in [1.165, 1.54) is 0 Å². The van der Waals surface area contributed by atoms with Gasteiger partial charge in [0.05, 0.1) is 0 Å². The second-order valence-corrected chi connectivity index (χ2v) is 9.89. The first-order chi connectivity index (χ1) is 12.8. The van der Waals surface area contributed by atoms with Gasteiger partial charge in [0.1, 0.15) is 0 Å². The van der Waals surface area contributed by atoms with Crippen LogP contribution in [0, 0.1) is 11.3 Å². The van der Waals surface area contributed by atoms with Crippen molar-refractivity contribution in [3.63, 3.8) is 0 Å². The fraction of sp³-hybridized carbons (Fsp3) is 0.292. The largest absolute Gasteiger partial charge is 0.289 e. The minimum absolute atomic E-state index is 0.140.